The summed E-state index contributed by atoms with van der Waals surface area (Å²) in [7, 11) is 3.68. The lowest BCUT2D eigenvalue weighted by Crippen LogP contribution is -2.47. The van der Waals surface area contributed by atoms with Crippen molar-refractivity contribution < 1.29 is 13.6 Å². The fraction of sp³-hybridized carbons (Fsp3) is 0.385. The molecule has 1 aliphatic rings. The normalized spacial score (nSPS) is 16.0. The first-order valence-electron chi connectivity index (χ1n) is 11.4. The average Bonchev–Trinajstić information content (AvgIpc) is 3.26. The second kappa shape index (κ2) is 10.3. The van der Waals surface area contributed by atoms with Crippen molar-refractivity contribution >= 4 is 5.91 Å². The van der Waals surface area contributed by atoms with E-state index in [9.17, 15) is 13.6 Å². The number of halogens is 2. The molecule has 174 valence electrons. The van der Waals surface area contributed by atoms with Gasteiger partial charge in [0.1, 0.15) is 5.69 Å². The third-order valence-electron chi connectivity index (χ3n) is 6.60. The van der Waals surface area contributed by atoms with Gasteiger partial charge in [0.05, 0.1) is 0 Å². The summed E-state index contributed by atoms with van der Waals surface area (Å²) in [5, 5.41) is 4.30. The Morgan fingerprint density at radius 1 is 1.06 bits per heavy atom. The number of nitrogens with zero attached hydrogens (tertiary/aromatic N) is 4. The molecule has 1 aliphatic heterocycles. The Balaban J connectivity index is 1.45. The summed E-state index contributed by atoms with van der Waals surface area (Å²) >= 11 is 0. The predicted molar refractivity (Wildman–Crippen MR) is 124 cm³/mol. The van der Waals surface area contributed by atoms with Gasteiger partial charge in [-0.1, -0.05) is 36.4 Å². The minimum Gasteiger partial charge on any atom is -0.337 e. The second-order valence-electron chi connectivity index (χ2n) is 8.91. The summed E-state index contributed by atoms with van der Waals surface area (Å²) in [5.41, 5.74) is 2.43. The highest BCUT2D eigenvalue weighted by atomic mass is 19.2. The van der Waals surface area contributed by atoms with E-state index in [2.05, 4.69) is 22.1 Å². The minimum absolute atomic E-state index is 0.0484. The first-order valence-corrected chi connectivity index (χ1v) is 11.4. The van der Waals surface area contributed by atoms with E-state index in [-0.39, 0.29) is 11.9 Å². The van der Waals surface area contributed by atoms with E-state index in [0.29, 0.717) is 18.2 Å². The van der Waals surface area contributed by atoms with Gasteiger partial charge >= 0.3 is 0 Å². The molecule has 1 amide bonds. The number of hydrogen-bond donors (Lipinski definition) is 0. The van der Waals surface area contributed by atoms with Gasteiger partial charge in [-0.25, -0.2) is 8.78 Å². The lowest BCUT2D eigenvalue weighted by molar-refractivity contribution is 0.0579. The van der Waals surface area contributed by atoms with Crippen LogP contribution in [0.25, 0.3) is 0 Å². The van der Waals surface area contributed by atoms with Crippen molar-refractivity contribution in [2.45, 2.75) is 31.8 Å². The molecule has 7 heteroatoms. The molecule has 0 N–H and O–H groups in total. The lowest BCUT2D eigenvalue weighted by atomic mass is 9.84. The van der Waals surface area contributed by atoms with Gasteiger partial charge < -0.3 is 4.90 Å². The zero-order chi connectivity index (χ0) is 23.4. The molecule has 0 saturated carbocycles. The van der Waals surface area contributed by atoms with Crippen LogP contribution in [0.3, 0.4) is 0 Å². The maximum Gasteiger partial charge on any atom is 0.274 e. The number of carbonyl (C=O) groups is 1. The molecule has 1 atom stereocenters. The van der Waals surface area contributed by atoms with Gasteiger partial charge in [0, 0.05) is 32.9 Å². The largest absolute Gasteiger partial charge is 0.337 e. The van der Waals surface area contributed by atoms with Crippen molar-refractivity contribution in [1.82, 2.24) is 19.6 Å². The molecule has 33 heavy (non-hydrogen) atoms. The summed E-state index contributed by atoms with van der Waals surface area (Å²) in [6, 6.07) is 16.2. The number of aromatic nitrogens is 2. The van der Waals surface area contributed by atoms with E-state index in [1.807, 2.05) is 30.1 Å². The minimum atomic E-state index is -0.818. The molecular formula is C26H30F2N4O. The van der Waals surface area contributed by atoms with Gasteiger partial charge in [0.25, 0.3) is 5.91 Å². The van der Waals surface area contributed by atoms with Crippen molar-refractivity contribution in [3.8, 4) is 0 Å². The summed E-state index contributed by atoms with van der Waals surface area (Å²) in [6.45, 7) is 2.29. The summed E-state index contributed by atoms with van der Waals surface area (Å²) in [6.07, 6.45) is 4.43. The molecule has 0 aliphatic carbocycles. The maximum atomic E-state index is 13.6. The molecule has 0 spiro atoms. The Labute approximate surface area is 193 Å². The molecule has 1 fully saturated rings. The van der Waals surface area contributed by atoms with Crippen LogP contribution in [0.5, 0.6) is 0 Å². The number of hydrogen-bond acceptors (Lipinski definition) is 3. The van der Waals surface area contributed by atoms with Crippen LogP contribution in [-0.2, 0) is 20.0 Å². The van der Waals surface area contributed by atoms with Crippen LogP contribution in [0.2, 0.25) is 0 Å². The average molecular weight is 453 g/mol. The quantitative estimate of drug-likeness (QED) is 0.537. The Hall–Kier alpha value is -3.06. The van der Waals surface area contributed by atoms with Crippen molar-refractivity contribution in [3.05, 3.63) is 89.2 Å². The van der Waals surface area contributed by atoms with E-state index in [0.717, 1.165) is 37.9 Å². The fourth-order valence-electron chi connectivity index (χ4n) is 4.73. The van der Waals surface area contributed by atoms with E-state index >= 15 is 0 Å². The van der Waals surface area contributed by atoms with Crippen LogP contribution in [0, 0.1) is 17.6 Å². The zero-order valence-electron chi connectivity index (χ0n) is 19.1. The number of benzene rings is 2. The van der Waals surface area contributed by atoms with E-state index in [1.165, 1.54) is 17.7 Å². The van der Waals surface area contributed by atoms with Crippen molar-refractivity contribution in [2.24, 2.45) is 13.0 Å². The number of amides is 1. The first-order chi connectivity index (χ1) is 15.9. The topological polar surface area (TPSA) is 41.4 Å². The number of carbonyl (C=O) groups excluding carboxylic acids is 1. The number of rotatable bonds is 7. The van der Waals surface area contributed by atoms with Crippen LogP contribution >= 0.6 is 0 Å². The Kier molecular flexibility index (Phi) is 7.18. The zero-order valence-corrected chi connectivity index (χ0v) is 19.1. The van der Waals surface area contributed by atoms with Crippen LogP contribution in [0.15, 0.2) is 60.8 Å². The predicted octanol–water partition coefficient (Wildman–Crippen LogP) is 4.29. The van der Waals surface area contributed by atoms with Gasteiger partial charge in [-0.15, -0.1) is 0 Å². The van der Waals surface area contributed by atoms with Crippen molar-refractivity contribution in [3.63, 3.8) is 0 Å². The van der Waals surface area contributed by atoms with Gasteiger partial charge in [-0.3, -0.25) is 14.4 Å². The highest BCUT2D eigenvalue weighted by Gasteiger charge is 2.32. The fourth-order valence-corrected chi connectivity index (χ4v) is 4.73. The third kappa shape index (κ3) is 5.66. The number of piperidine rings is 1. The number of likely N-dealkylation sites (N-methyl/N-ethyl adjacent to an activating group) is 1. The summed E-state index contributed by atoms with van der Waals surface area (Å²) in [4.78, 5) is 17.3. The Morgan fingerprint density at radius 3 is 2.42 bits per heavy atom. The Morgan fingerprint density at radius 2 is 1.79 bits per heavy atom. The SMILES string of the molecule is CN(C(=O)c1ccn(C)n1)[C@@H](Cc1ccccc1)C1CCN(Cc2ccc(F)c(F)c2)CC1. The molecule has 1 aromatic heterocycles. The van der Waals surface area contributed by atoms with Gasteiger partial charge in [-0.2, -0.15) is 5.10 Å². The standard InChI is InChI=1S/C26H30F2N4O/c1-30-13-12-24(29-30)26(33)31(2)25(17-19-6-4-3-5-7-19)21-10-14-32(15-11-21)18-20-8-9-22(27)23(28)16-20/h3-9,12-13,16,21,25H,10-11,14-15,17-18H2,1-2H3/t25-/m0/s1. The van der Waals surface area contributed by atoms with Gasteiger partial charge in [-0.05, 0) is 67.6 Å². The van der Waals surface area contributed by atoms with Crippen LogP contribution in [0.1, 0.15) is 34.5 Å². The van der Waals surface area contributed by atoms with Gasteiger partial charge in [0.2, 0.25) is 0 Å². The highest BCUT2D eigenvalue weighted by Crippen LogP contribution is 2.28. The lowest BCUT2D eigenvalue weighted by Gasteiger charge is -2.40. The van der Waals surface area contributed by atoms with Crippen molar-refractivity contribution in [2.75, 3.05) is 20.1 Å². The number of aryl methyl sites for hydroxylation is 1. The molecule has 1 saturated heterocycles. The molecule has 2 aromatic carbocycles. The van der Waals surface area contributed by atoms with Crippen LogP contribution in [0.4, 0.5) is 8.78 Å². The molecule has 3 aromatic rings. The molecule has 0 radical (unpaired) electrons. The molecule has 0 unspecified atom stereocenters. The van der Waals surface area contributed by atoms with Gasteiger partial charge in [0.15, 0.2) is 11.6 Å². The smallest absolute Gasteiger partial charge is 0.274 e. The van der Waals surface area contributed by atoms with E-state index in [4.69, 9.17) is 0 Å². The molecule has 5 nitrogen and oxygen atoms in total. The molecular weight excluding hydrogens is 422 g/mol. The van der Waals surface area contributed by atoms with E-state index < -0.39 is 11.6 Å². The molecule has 4 rings (SSSR count). The molecule has 0 bridgehead atoms. The Bertz CT molecular complexity index is 1080. The maximum absolute atomic E-state index is 13.6. The number of likely N-dealkylation sites (tertiary alicyclic amines) is 1. The highest BCUT2D eigenvalue weighted by molar-refractivity contribution is 5.92. The third-order valence-corrected chi connectivity index (χ3v) is 6.60. The first kappa shape index (κ1) is 23.1. The van der Waals surface area contributed by atoms with Crippen LogP contribution in [-0.4, -0.2) is 51.7 Å². The van der Waals surface area contributed by atoms with E-state index in [1.54, 1.807) is 30.1 Å². The molecule has 2 heterocycles. The van der Waals surface area contributed by atoms with Crippen LogP contribution < -0.4 is 0 Å². The monoisotopic (exact) mass is 452 g/mol. The summed E-state index contributed by atoms with van der Waals surface area (Å²) < 4.78 is 28.5. The van der Waals surface area contributed by atoms with Crippen molar-refractivity contribution in [1.29, 1.82) is 0 Å². The second-order valence-corrected chi connectivity index (χ2v) is 8.91. The summed E-state index contributed by atoms with van der Waals surface area (Å²) in [5.74, 6) is -1.35.